The quantitative estimate of drug-likeness (QED) is 0.781. The van der Waals surface area contributed by atoms with Crippen molar-refractivity contribution in [3.63, 3.8) is 0 Å². The van der Waals surface area contributed by atoms with Crippen LogP contribution < -0.4 is 5.32 Å². The molecule has 0 radical (unpaired) electrons. The van der Waals surface area contributed by atoms with Crippen LogP contribution in [0.5, 0.6) is 0 Å². The molecule has 1 aromatic rings. The lowest BCUT2D eigenvalue weighted by atomic mass is 10.0. The molecule has 0 bridgehead atoms. The van der Waals surface area contributed by atoms with Gasteiger partial charge in [-0.05, 0) is 43.4 Å². The molecule has 0 saturated heterocycles. The van der Waals surface area contributed by atoms with Gasteiger partial charge in [-0.2, -0.15) is 13.2 Å². The Labute approximate surface area is 118 Å². The predicted octanol–water partition coefficient (Wildman–Crippen LogP) is 4.93. The van der Waals surface area contributed by atoms with E-state index < -0.39 is 11.7 Å². The van der Waals surface area contributed by atoms with Crippen molar-refractivity contribution >= 4 is 0 Å². The van der Waals surface area contributed by atoms with Crippen LogP contribution >= 0.6 is 0 Å². The van der Waals surface area contributed by atoms with Crippen LogP contribution in [0, 0.1) is 5.92 Å². The zero-order valence-corrected chi connectivity index (χ0v) is 12.0. The minimum absolute atomic E-state index is 0.0842. The maximum atomic E-state index is 12.5. The van der Waals surface area contributed by atoms with Crippen LogP contribution in [0.15, 0.2) is 24.3 Å². The molecule has 0 aliphatic heterocycles. The summed E-state index contributed by atoms with van der Waals surface area (Å²) in [4.78, 5) is 0. The van der Waals surface area contributed by atoms with Gasteiger partial charge in [-0.1, -0.05) is 31.9 Å². The van der Waals surface area contributed by atoms with Crippen molar-refractivity contribution in [2.75, 3.05) is 0 Å². The second-order valence-electron chi connectivity index (χ2n) is 5.79. The van der Waals surface area contributed by atoms with E-state index in [2.05, 4.69) is 12.2 Å². The first kappa shape index (κ1) is 15.4. The minimum atomic E-state index is -4.26. The molecule has 1 saturated carbocycles. The lowest BCUT2D eigenvalue weighted by Crippen LogP contribution is -2.31. The zero-order valence-electron chi connectivity index (χ0n) is 12.0. The fraction of sp³-hybridized carbons (Fsp3) is 0.625. The fourth-order valence-corrected chi connectivity index (χ4v) is 2.52. The third-order valence-electron chi connectivity index (χ3n) is 4.03. The molecule has 20 heavy (non-hydrogen) atoms. The third kappa shape index (κ3) is 4.23. The molecule has 1 N–H and O–H groups in total. The molecule has 0 amide bonds. The number of alkyl halides is 3. The molecule has 0 aromatic heterocycles. The molecular formula is C16H22F3N. The van der Waals surface area contributed by atoms with Gasteiger partial charge in [-0.25, -0.2) is 0 Å². The third-order valence-corrected chi connectivity index (χ3v) is 4.03. The van der Waals surface area contributed by atoms with Gasteiger partial charge in [0, 0.05) is 12.1 Å². The molecule has 0 heterocycles. The van der Waals surface area contributed by atoms with Crippen molar-refractivity contribution in [3.8, 4) is 0 Å². The van der Waals surface area contributed by atoms with Crippen molar-refractivity contribution in [1.82, 2.24) is 5.32 Å². The highest BCUT2D eigenvalue weighted by molar-refractivity contribution is 5.26. The Hall–Kier alpha value is -1.03. The highest BCUT2D eigenvalue weighted by Crippen LogP contribution is 2.35. The van der Waals surface area contributed by atoms with Crippen molar-refractivity contribution < 1.29 is 13.2 Å². The summed E-state index contributed by atoms with van der Waals surface area (Å²) in [5.41, 5.74) is 0.325. The molecular weight excluding hydrogens is 263 g/mol. The normalized spacial score (nSPS) is 18.9. The predicted molar refractivity (Wildman–Crippen MR) is 74.4 cm³/mol. The van der Waals surface area contributed by atoms with Crippen LogP contribution in [-0.2, 0) is 6.18 Å². The zero-order chi connectivity index (χ0) is 14.8. The lowest BCUT2D eigenvalue weighted by molar-refractivity contribution is -0.137. The first-order chi connectivity index (χ1) is 9.40. The number of nitrogens with one attached hydrogen (secondary N) is 1. The van der Waals surface area contributed by atoms with E-state index in [0.29, 0.717) is 6.04 Å². The minimum Gasteiger partial charge on any atom is -0.307 e. The molecule has 1 aliphatic carbocycles. The Bertz CT molecular complexity index is 420. The average Bonchev–Trinajstić information content (AvgIpc) is 3.21. The highest BCUT2D eigenvalue weighted by Gasteiger charge is 2.30. The Morgan fingerprint density at radius 3 is 2.25 bits per heavy atom. The van der Waals surface area contributed by atoms with E-state index in [4.69, 9.17) is 0 Å². The van der Waals surface area contributed by atoms with E-state index in [9.17, 15) is 13.2 Å². The second-order valence-corrected chi connectivity index (χ2v) is 5.79. The van der Waals surface area contributed by atoms with Gasteiger partial charge in [-0.15, -0.1) is 0 Å². The first-order valence-electron chi connectivity index (χ1n) is 7.33. The van der Waals surface area contributed by atoms with E-state index in [1.54, 1.807) is 12.1 Å². The summed E-state index contributed by atoms with van der Waals surface area (Å²) in [5, 5.41) is 3.53. The lowest BCUT2D eigenvalue weighted by Gasteiger charge is -2.23. The van der Waals surface area contributed by atoms with Crippen LogP contribution in [0.25, 0.3) is 0 Å². The van der Waals surface area contributed by atoms with Crippen LogP contribution in [-0.4, -0.2) is 6.04 Å². The maximum Gasteiger partial charge on any atom is 0.416 e. The molecule has 1 aliphatic rings. The Morgan fingerprint density at radius 2 is 1.80 bits per heavy atom. The van der Waals surface area contributed by atoms with Crippen molar-refractivity contribution in [3.05, 3.63) is 35.4 Å². The molecule has 2 atom stereocenters. The number of benzene rings is 1. The summed E-state index contributed by atoms with van der Waals surface area (Å²) in [6.45, 7) is 4.16. The smallest absolute Gasteiger partial charge is 0.307 e. The van der Waals surface area contributed by atoms with E-state index in [1.165, 1.54) is 19.3 Å². The summed E-state index contributed by atoms with van der Waals surface area (Å²) in [6.07, 6.45) is 0.635. The van der Waals surface area contributed by atoms with Gasteiger partial charge in [0.2, 0.25) is 0 Å². The maximum absolute atomic E-state index is 12.5. The van der Waals surface area contributed by atoms with Gasteiger partial charge in [-0.3, -0.25) is 0 Å². The Balaban J connectivity index is 1.95. The van der Waals surface area contributed by atoms with Crippen molar-refractivity contribution in [2.45, 2.75) is 57.8 Å². The first-order valence-corrected chi connectivity index (χ1v) is 7.33. The fourth-order valence-electron chi connectivity index (χ4n) is 2.52. The molecule has 1 fully saturated rings. The molecule has 2 unspecified atom stereocenters. The topological polar surface area (TPSA) is 12.0 Å². The Morgan fingerprint density at radius 1 is 1.20 bits per heavy atom. The van der Waals surface area contributed by atoms with Gasteiger partial charge in [0.25, 0.3) is 0 Å². The van der Waals surface area contributed by atoms with Crippen molar-refractivity contribution in [1.29, 1.82) is 0 Å². The molecule has 1 nitrogen and oxygen atoms in total. The number of halogens is 3. The number of hydrogen-bond acceptors (Lipinski definition) is 1. The molecule has 112 valence electrons. The molecule has 1 aromatic carbocycles. The van der Waals surface area contributed by atoms with Gasteiger partial charge in [0.05, 0.1) is 5.56 Å². The van der Waals surface area contributed by atoms with Crippen LogP contribution in [0.1, 0.15) is 56.7 Å². The second kappa shape index (κ2) is 6.17. The summed E-state index contributed by atoms with van der Waals surface area (Å²) in [5.74, 6) is 0.854. The van der Waals surface area contributed by atoms with E-state index >= 15 is 0 Å². The summed E-state index contributed by atoms with van der Waals surface area (Å²) in [6, 6.07) is 6.01. The SMILES string of the molecule is CCC(CC1CC1)NC(C)c1ccc(C(F)(F)F)cc1. The van der Waals surface area contributed by atoms with E-state index in [1.807, 2.05) is 6.92 Å². The Kier molecular flexibility index (Phi) is 4.74. The standard InChI is InChI=1S/C16H22F3N/c1-3-15(10-12-4-5-12)20-11(2)13-6-8-14(9-7-13)16(17,18)19/h6-9,11-12,15,20H,3-5,10H2,1-2H3. The van der Waals surface area contributed by atoms with E-state index in [-0.39, 0.29) is 6.04 Å². The van der Waals surface area contributed by atoms with Gasteiger partial charge >= 0.3 is 6.18 Å². The largest absolute Gasteiger partial charge is 0.416 e. The van der Waals surface area contributed by atoms with E-state index in [0.717, 1.165) is 30.0 Å². The monoisotopic (exact) mass is 285 g/mol. The number of rotatable bonds is 6. The van der Waals surface area contributed by atoms with Gasteiger partial charge in [0.15, 0.2) is 0 Å². The molecule has 2 rings (SSSR count). The summed E-state index contributed by atoms with van der Waals surface area (Å²) in [7, 11) is 0. The molecule has 0 spiro atoms. The summed E-state index contributed by atoms with van der Waals surface area (Å²) >= 11 is 0. The van der Waals surface area contributed by atoms with Crippen molar-refractivity contribution in [2.24, 2.45) is 5.92 Å². The van der Waals surface area contributed by atoms with Gasteiger partial charge in [0.1, 0.15) is 0 Å². The highest BCUT2D eigenvalue weighted by atomic mass is 19.4. The molecule has 4 heteroatoms. The van der Waals surface area contributed by atoms with Crippen LogP contribution in [0.3, 0.4) is 0 Å². The van der Waals surface area contributed by atoms with Gasteiger partial charge < -0.3 is 5.32 Å². The van der Waals surface area contributed by atoms with Crippen LogP contribution in [0.4, 0.5) is 13.2 Å². The average molecular weight is 285 g/mol. The number of hydrogen-bond donors (Lipinski definition) is 1. The van der Waals surface area contributed by atoms with Crippen LogP contribution in [0.2, 0.25) is 0 Å². The summed E-state index contributed by atoms with van der Waals surface area (Å²) < 4.78 is 37.6.